The number of rotatable bonds is 4. The number of alkyl halides is 1. The van der Waals surface area contributed by atoms with Gasteiger partial charge < -0.3 is 0 Å². The third-order valence-corrected chi connectivity index (χ3v) is 3.73. The molecule has 1 aromatic carbocycles. The number of aryl methyl sites for hydroxylation is 1. The first-order valence-corrected chi connectivity index (χ1v) is 7.47. The number of anilines is 1. The van der Waals surface area contributed by atoms with Crippen LogP contribution in [0.3, 0.4) is 0 Å². The standard InChI is InChI=1S/C12H15FN2O3S/c13-6-5-11-10-3-2-9(15-19(14,17)18)7-8(10)1-4-12(11)16/h2-3,7,11,15H,1,4-6H2,(H2,14,17,18)/t11-/m0/s1. The van der Waals surface area contributed by atoms with Crippen molar-refractivity contribution in [3.8, 4) is 0 Å². The zero-order chi connectivity index (χ0) is 14.0. The highest BCUT2D eigenvalue weighted by molar-refractivity contribution is 7.90. The molecule has 7 heteroatoms. The van der Waals surface area contributed by atoms with Crippen LogP contribution in [0, 0.1) is 0 Å². The maximum absolute atomic E-state index is 12.5. The average molecular weight is 286 g/mol. The minimum atomic E-state index is -3.82. The lowest BCUT2D eigenvalue weighted by atomic mass is 9.80. The Hall–Kier alpha value is -1.47. The highest BCUT2D eigenvalue weighted by Gasteiger charge is 2.27. The Bertz CT molecular complexity index is 601. The molecule has 0 amide bonds. The molecule has 104 valence electrons. The molecule has 2 rings (SSSR count). The number of ketones is 1. The van der Waals surface area contributed by atoms with Crippen molar-refractivity contribution in [3.63, 3.8) is 0 Å². The highest BCUT2D eigenvalue weighted by atomic mass is 32.2. The molecule has 0 spiro atoms. The molecule has 0 aromatic heterocycles. The van der Waals surface area contributed by atoms with Gasteiger partial charge in [-0.15, -0.1) is 0 Å². The number of benzene rings is 1. The highest BCUT2D eigenvalue weighted by Crippen LogP contribution is 2.33. The third kappa shape index (κ3) is 3.30. The van der Waals surface area contributed by atoms with Gasteiger partial charge in [-0.3, -0.25) is 13.9 Å². The van der Waals surface area contributed by atoms with Gasteiger partial charge in [0, 0.05) is 12.3 Å². The summed E-state index contributed by atoms with van der Waals surface area (Å²) < 4.78 is 36.6. The molecule has 1 aromatic rings. The summed E-state index contributed by atoms with van der Waals surface area (Å²) in [5, 5.41) is 4.90. The fourth-order valence-corrected chi connectivity index (χ4v) is 2.88. The van der Waals surface area contributed by atoms with Gasteiger partial charge in [0.25, 0.3) is 10.2 Å². The molecule has 0 saturated carbocycles. The molecule has 0 radical (unpaired) electrons. The summed E-state index contributed by atoms with van der Waals surface area (Å²) in [5.41, 5.74) is 2.01. The minimum absolute atomic E-state index is 0.0392. The predicted octanol–water partition coefficient (Wildman–Crippen LogP) is 1.26. The van der Waals surface area contributed by atoms with E-state index in [9.17, 15) is 17.6 Å². The minimum Gasteiger partial charge on any atom is -0.299 e. The molecule has 3 N–H and O–H groups in total. The Labute approximate surface area is 111 Å². The summed E-state index contributed by atoms with van der Waals surface area (Å²) in [6.45, 7) is -0.549. The van der Waals surface area contributed by atoms with Crippen molar-refractivity contribution in [3.05, 3.63) is 29.3 Å². The average Bonchev–Trinajstić information content (AvgIpc) is 2.31. The molecule has 1 aliphatic rings. The Morgan fingerprint density at radius 1 is 1.37 bits per heavy atom. The molecule has 1 atom stereocenters. The smallest absolute Gasteiger partial charge is 0.296 e. The van der Waals surface area contributed by atoms with Gasteiger partial charge in [-0.2, -0.15) is 8.42 Å². The first-order chi connectivity index (χ1) is 8.90. The van der Waals surface area contributed by atoms with Gasteiger partial charge in [0.2, 0.25) is 0 Å². The molecule has 0 fully saturated rings. The van der Waals surface area contributed by atoms with Crippen molar-refractivity contribution in [2.24, 2.45) is 5.14 Å². The second-order valence-electron chi connectivity index (χ2n) is 4.56. The van der Waals surface area contributed by atoms with E-state index >= 15 is 0 Å². The van der Waals surface area contributed by atoms with Crippen molar-refractivity contribution in [1.82, 2.24) is 0 Å². The predicted molar refractivity (Wildman–Crippen MR) is 69.8 cm³/mol. The zero-order valence-electron chi connectivity index (χ0n) is 10.2. The molecular weight excluding hydrogens is 271 g/mol. The van der Waals surface area contributed by atoms with E-state index in [4.69, 9.17) is 5.14 Å². The van der Waals surface area contributed by atoms with Crippen LogP contribution in [-0.4, -0.2) is 20.9 Å². The van der Waals surface area contributed by atoms with Crippen LogP contribution in [0.5, 0.6) is 0 Å². The molecule has 0 unspecified atom stereocenters. The first kappa shape index (κ1) is 14.0. The number of halogens is 1. The number of hydrogen-bond donors (Lipinski definition) is 2. The lowest BCUT2D eigenvalue weighted by Crippen LogP contribution is -2.23. The Morgan fingerprint density at radius 3 is 2.74 bits per heavy atom. The second-order valence-corrected chi connectivity index (χ2v) is 5.85. The topological polar surface area (TPSA) is 89.3 Å². The number of Topliss-reactive ketones (excluding diaryl/α,β-unsaturated/α-hetero) is 1. The summed E-state index contributed by atoms with van der Waals surface area (Å²) in [5.74, 6) is -0.380. The van der Waals surface area contributed by atoms with E-state index in [0.29, 0.717) is 18.5 Å². The molecule has 1 aliphatic carbocycles. The molecular formula is C12H15FN2O3S. The van der Waals surface area contributed by atoms with Crippen molar-refractivity contribution >= 4 is 21.7 Å². The van der Waals surface area contributed by atoms with Crippen molar-refractivity contribution < 1.29 is 17.6 Å². The summed E-state index contributed by atoms with van der Waals surface area (Å²) in [4.78, 5) is 11.8. The van der Waals surface area contributed by atoms with Crippen LogP contribution in [0.1, 0.15) is 29.9 Å². The maximum Gasteiger partial charge on any atom is 0.296 e. The van der Waals surface area contributed by atoms with Gasteiger partial charge >= 0.3 is 0 Å². The van der Waals surface area contributed by atoms with Gasteiger partial charge in [0.1, 0.15) is 5.78 Å². The second kappa shape index (κ2) is 5.26. The van der Waals surface area contributed by atoms with Crippen LogP contribution in [0.4, 0.5) is 10.1 Å². The zero-order valence-corrected chi connectivity index (χ0v) is 11.0. The number of nitrogens with two attached hydrogens (primary N) is 1. The van der Waals surface area contributed by atoms with E-state index in [0.717, 1.165) is 11.1 Å². The molecule has 0 aliphatic heterocycles. The number of fused-ring (bicyclic) bond motifs is 1. The summed E-state index contributed by atoms with van der Waals surface area (Å²) in [6, 6.07) is 4.85. The van der Waals surface area contributed by atoms with Crippen molar-refractivity contribution in [1.29, 1.82) is 0 Å². The summed E-state index contributed by atoms with van der Waals surface area (Å²) in [6.07, 6.45) is 1.07. The molecule has 5 nitrogen and oxygen atoms in total. The SMILES string of the molecule is NS(=O)(=O)Nc1ccc2c(c1)CCC(=O)[C@H]2CCF. The number of carbonyl (C=O) groups is 1. The van der Waals surface area contributed by atoms with E-state index in [1.54, 1.807) is 12.1 Å². The van der Waals surface area contributed by atoms with Crippen molar-refractivity contribution in [2.75, 3.05) is 11.4 Å². The summed E-state index contributed by atoms with van der Waals surface area (Å²) >= 11 is 0. The number of hydrogen-bond acceptors (Lipinski definition) is 3. The van der Waals surface area contributed by atoms with Crippen LogP contribution in [-0.2, 0) is 21.4 Å². The van der Waals surface area contributed by atoms with Gasteiger partial charge in [-0.25, -0.2) is 5.14 Å². The largest absolute Gasteiger partial charge is 0.299 e. The third-order valence-electron chi connectivity index (χ3n) is 3.21. The van der Waals surface area contributed by atoms with Crippen LogP contribution >= 0.6 is 0 Å². The monoisotopic (exact) mass is 286 g/mol. The van der Waals surface area contributed by atoms with Gasteiger partial charge in [0.15, 0.2) is 0 Å². The fourth-order valence-electron chi connectivity index (χ4n) is 2.42. The van der Waals surface area contributed by atoms with E-state index in [1.807, 2.05) is 0 Å². The van der Waals surface area contributed by atoms with E-state index in [1.165, 1.54) is 6.07 Å². The first-order valence-electron chi connectivity index (χ1n) is 5.93. The van der Waals surface area contributed by atoms with E-state index < -0.39 is 22.8 Å². The van der Waals surface area contributed by atoms with Gasteiger partial charge in [-0.05, 0) is 36.1 Å². The number of carbonyl (C=O) groups excluding carboxylic acids is 1. The fraction of sp³-hybridized carbons (Fsp3) is 0.417. The van der Waals surface area contributed by atoms with Crippen LogP contribution in [0.2, 0.25) is 0 Å². The Kier molecular flexibility index (Phi) is 3.86. The van der Waals surface area contributed by atoms with Crippen LogP contribution < -0.4 is 9.86 Å². The number of nitrogens with one attached hydrogen (secondary N) is 1. The maximum atomic E-state index is 12.5. The van der Waals surface area contributed by atoms with Gasteiger partial charge in [0.05, 0.1) is 12.4 Å². The van der Waals surface area contributed by atoms with Crippen LogP contribution in [0.15, 0.2) is 18.2 Å². The van der Waals surface area contributed by atoms with Gasteiger partial charge in [-0.1, -0.05) is 6.07 Å². The quantitative estimate of drug-likeness (QED) is 0.873. The lowest BCUT2D eigenvalue weighted by molar-refractivity contribution is -0.121. The molecule has 0 heterocycles. The Morgan fingerprint density at radius 2 is 2.11 bits per heavy atom. The normalized spacial score (nSPS) is 19.1. The summed E-state index contributed by atoms with van der Waals surface area (Å²) in [7, 11) is -3.82. The van der Waals surface area contributed by atoms with E-state index in [2.05, 4.69) is 4.72 Å². The molecule has 0 saturated heterocycles. The van der Waals surface area contributed by atoms with Crippen LogP contribution in [0.25, 0.3) is 0 Å². The lowest BCUT2D eigenvalue weighted by Gasteiger charge is -2.24. The van der Waals surface area contributed by atoms with E-state index in [-0.39, 0.29) is 12.2 Å². The molecule has 19 heavy (non-hydrogen) atoms. The molecule has 0 bridgehead atoms. The van der Waals surface area contributed by atoms with Crippen molar-refractivity contribution in [2.45, 2.75) is 25.2 Å². The Balaban J connectivity index is 2.33.